The van der Waals surface area contributed by atoms with Crippen molar-refractivity contribution in [3.63, 3.8) is 0 Å². The van der Waals surface area contributed by atoms with Crippen LogP contribution in [0.5, 0.6) is 0 Å². The van der Waals surface area contributed by atoms with Gasteiger partial charge in [-0.2, -0.15) is 4.31 Å². The van der Waals surface area contributed by atoms with Crippen LogP contribution in [0.1, 0.15) is 12.8 Å². The Hall–Kier alpha value is -2.48. The zero-order valence-corrected chi connectivity index (χ0v) is 19.7. The van der Waals surface area contributed by atoms with Gasteiger partial charge in [0.05, 0.1) is 9.60 Å². The third-order valence-electron chi connectivity index (χ3n) is 5.33. The lowest BCUT2D eigenvalue weighted by atomic mass is 9.97. The fourth-order valence-corrected chi connectivity index (χ4v) is 7.67. The predicted molar refractivity (Wildman–Crippen MR) is 119 cm³/mol. The predicted octanol–water partition coefficient (Wildman–Crippen LogP) is 3.02. The Morgan fingerprint density at radius 2 is 1.73 bits per heavy atom. The number of aromatic nitrogens is 1. The van der Waals surface area contributed by atoms with Crippen molar-refractivity contribution in [2.75, 3.05) is 24.7 Å². The van der Waals surface area contributed by atoms with Crippen LogP contribution in [0.25, 0.3) is 10.2 Å². The molecule has 1 aromatic heterocycles. The maximum absolute atomic E-state index is 13.8. The second-order valence-electron chi connectivity index (χ2n) is 7.64. The molecule has 8 nitrogen and oxygen atoms in total. The van der Waals surface area contributed by atoms with Crippen molar-refractivity contribution in [3.05, 3.63) is 48.0 Å². The zero-order valence-electron chi connectivity index (χ0n) is 17.3. The van der Waals surface area contributed by atoms with E-state index >= 15 is 0 Å². The molecule has 0 spiro atoms. The molecule has 0 unspecified atom stereocenters. The monoisotopic (exact) mass is 515 g/mol. The van der Waals surface area contributed by atoms with E-state index in [9.17, 15) is 30.4 Å². The molecule has 0 bridgehead atoms. The quantitative estimate of drug-likeness (QED) is 0.559. The fourth-order valence-electron chi connectivity index (χ4n) is 3.69. The third kappa shape index (κ3) is 4.76. The number of benzene rings is 2. The van der Waals surface area contributed by atoms with Crippen LogP contribution in [0, 0.1) is 17.6 Å². The molecule has 1 N–H and O–H groups in total. The van der Waals surface area contributed by atoms with Gasteiger partial charge in [-0.25, -0.2) is 30.6 Å². The number of sulfone groups is 1. The number of hydrogen-bond donors (Lipinski definition) is 1. The number of sulfonamides is 1. The molecule has 1 saturated heterocycles. The second-order valence-corrected chi connectivity index (χ2v) is 12.6. The van der Waals surface area contributed by atoms with Gasteiger partial charge in [-0.3, -0.25) is 4.79 Å². The van der Waals surface area contributed by atoms with E-state index in [4.69, 9.17) is 0 Å². The van der Waals surface area contributed by atoms with E-state index in [0.717, 1.165) is 28.0 Å². The SMILES string of the molecule is CS(=O)(=O)c1ccccc1S(=O)(=O)N1CCC(C(=O)Nc2nc3c(F)cc(F)cc3s2)CC1. The molecule has 1 aliphatic rings. The van der Waals surface area contributed by atoms with Crippen molar-refractivity contribution in [3.8, 4) is 0 Å². The van der Waals surface area contributed by atoms with Crippen molar-refractivity contribution < 1.29 is 30.4 Å². The Morgan fingerprint density at radius 3 is 2.36 bits per heavy atom. The molecule has 1 fully saturated rings. The average Bonchev–Trinajstić information content (AvgIpc) is 3.16. The minimum Gasteiger partial charge on any atom is -0.302 e. The number of piperidine rings is 1. The first-order valence-electron chi connectivity index (χ1n) is 9.82. The van der Waals surface area contributed by atoms with E-state index in [1.165, 1.54) is 24.3 Å². The smallest absolute Gasteiger partial charge is 0.244 e. The van der Waals surface area contributed by atoms with Crippen LogP contribution in [0.3, 0.4) is 0 Å². The van der Waals surface area contributed by atoms with Gasteiger partial charge in [0, 0.05) is 31.3 Å². The molecule has 176 valence electrons. The third-order valence-corrected chi connectivity index (χ3v) is 9.49. The number of carbonyl (C=O) groups is 1. The summed E-state index contributed by atoms with van der Waals surface area (Å²) in [5.41, 5.74) is -0.0397. The Kier molecular flexibility index (Phi) is 6.24. The Morgan fingerprint density at radius 1 is 1.09 bits per heavy atom. The Bertz CT molecular complexity index is 1450. The van der Waals surface area contributed by atoms with Crippen LogP contribution >= 0.6 is 11.3 Å². The highest BCUT2D eigenvalue weighted by molar-refractivity contribution is 7.93. The first-order valence-corrected chi connectivity index (χ1v) is 14.0. The molecular weight excluding hydrogens is 496 g/mol. The highest BCUT2D eigenvalue weighted by atomic mass is 32.2. The Balaban J connectivity index is 1.46. The lowest BCUT2D eigenvalue weighted by Gasteiger charge is -2.30. The highest BCUT2D eigenvalue weighted by Crippen LogP contribution is 2.31. The summed E-state index contributed by atoms with van der Waals surface area (Å²) in [6, 6.07) is 7.24. The summed E-state index contributed by atoms with van der Waals surface area (Å²) in [5, 5.41) is 2.72. The van der Waals surface area contributed by atoms with Gasteiger partial charge >= 0.3 is 0 Å². The van der Waals surface area contributed by atoms with Crippen molar-refractivity contribution in [1.82, 2.24) is 9.29 Å². The van der Waals surface area contributed by atoms with Crippen molar-refractivity contribution in [1.29, 1.82) is 0 Å². The number of carbonyl (C=O) groups excluding carboxylic acids is 1. The number of halogens is 2. The largest absolute Gasteiger partial charge is 0.302 e. The van der Waals surface area contributed by atoms with Gasteiger partial charge in [-0.05, 0) is 31.0 Å². The van der Waals surface area contributed by atoms with Gasteiger partial charge in [0.1, 0.15) is 16.2 Å². The average molecular weight is 516 g/mol. The van der Waals surface area contributed by atoms with Crippen LogP contribution in [0.2, 0.25) is 0 Å². The summed E-state index contributed by atoms with van der Waals surface area (Å²) in [7, 11) is -7.83. The van der Waals surface area contributed by atoms with Gasteiger partial charge in [0.15, 0.2) is 20.8 Å². The highest BCUT2D eigenvalue weighted by Gasteiger charge is 2.34. The van der Waals surface area contributed by atoms with E-state index < -0.39 is 43.3 Å². The Labute approximate surface area is 193 Å². The summed E-state index contributed by atoms with van der Waals surface area (Å²) in [5.74, 6) is -2.49. The summed E-state index contributed by atoms with van der Waals surface area (Å²) in [6.45, 7) is 0.0520. The number of rotatable bonds is 5. The number of nitrogens with zero attached hydrogens (tertiary/aromatic N) is 2. The van der Waals surface area contributed by atoms with Gasteiger partial charge in [0.25, 0.3) is 0 Å². The standard InChI is InChI=1S/C20H19F2N3O5S3/c1-32(27,28)16-4-2-3-5-17(16)33(29,30)25-8-6-12(7-9-25)19(26)24-20-23-18-14(22)10-13(21)11-15(18)31-20/h2-5,10-12H,6-9H2,1H3,(H,23,24,26). The molecule has 0 atom stereocenters. The van der Waals surface area contributed by atoms with E-state index in [2.05, 4.69) is 10.3 Å². The normalized spacial score (nSPS) is 16.2. The van der Waals surface area contributed by atoms with E-state index in [1.54, 1.807) is 0 Å². The van der Waals surface area contributed by atoms with Gasteiger partial charge in [-0.1, -0.05) is 23.5 Å². The minimum atomic E-state index is -4.08. The summed E-state index contributed by atoms with van der Waals surface area (Å²) in [6.07, 6.45) is 1.36. The van der Waals surface area contributed by atoms with Crippen molar-refractivity contribution in [2.45, 2.75) is 22.6 Å². The molecule has 13 heteroatoms. The molecule has 33 heavy (non-hydrogen) atoms. The zero-order chi connectivity index (χ0) is 24.0. The molecule has 0 saturated carbocycles. The van der Waals surface area contributed by atoms with E-state index in [-0.39, 0.29) is 51.1 Å². The number of hydrogen-bond acceptors (Lipinski definition) is 7. The molecule has 0 radical (unpaired) electrons. The lowest BCUT2D eigenvalue weighted by molar-refractivity contribution is -0.120. The van der Waals surface area contributed by atoms with Crippen LogP contribution in [-0.4, -0.2) is 51.4 Å². The molecule has 2 aromatic carbocycles. The van der Waals surface area contributed by atoms with Gasteiger partial charge in [0.2, 0.25) is 15.9 Å². The van der Waals surface area contributed by atoms with Crippen molar-refractivity contribution >= 4 is 52.5 Å². The molecule has 0 aliphatic carbocycles. The van der Waals surface area contributed by atoms with Crippen LogP contribution in [0.15, 0.2) is 46.2 Å². The maximum Gasteiger partial charge on any atom is 0.244 e. The summed E-state index contributed by atoms with van der Waals surface area (Å²) in [4.78, 5) is 16.1. The maximum atomic E-state index is 13.8. The second kappa shape index (κ2) is 8.70. The first-order chi connectivity index (χ1) is 15.5. The number of amides is 1. The molecule has 1 amide bonds. The molecule has 1 aliphatic heterocycles. The van der Waals surface area contributed by atoms with E-state index in [0.29, 0.717) is 6.07 Å². The van der Waals surface area contributed by atoms with E-state index in [1.807, 2.05) is 0 Å². The van der Waals surface area contributed by atoms with Crippen molar-refractivity contribution in [2.24, 2.45) is 5.92 Å². The van der Waals surface area contributed by atoms with Crippen LogP contribution < -0.4 is 5.32 Å². The molecule has 2 heterocycles. The topological polar surface area (TPSA) is 114 Å². The van der Waals surface area contributed by atoms with Crippen LogP contribution in [0.4, 0.5) is 13.9 Å². The van der Waals surface area contributed by atoms with Crippen LogP contribution in [-0.2, 0) is 24.7 Å². The first kappa shape index (κ1) is 23.7. The lowest BCUT2D eigenvalue weighted by Crippen LogP contribution is -2.41. The number of nitrogens with one attached hydrogen (secondary N) is 1. The minimum absolute atomic E-state index is 0.0260. The number of fused-ring (bicyclic) bond motifs is 1. The molecule has 3 aromatic rings. The summed E-state index contributed by atoms with van der Waals surface area (Å²) < 4.78 is 78.8. The molecular formula is C20H19F2N3O5S3. The van der Waals surface area contributed by atoms with Gasteiger partial charge < -0.3 is 5.32 Å². The number of thiazole rings is 1. The van der Waals surface area contributed by atoms with Gasteiger partial charge in [-0.15, -0.1) is 0 Å². The summed E-state index contributed by atoms with van der Waals surface area (Å²) >= 11 is 0.938. The molecule has 4 rings (SSSR count). The number of anilines is 1. The fraction of sp³-hybridized carbons (Fsp3) is 0.300.